The first-order valence-electron chi connectivity index (χ1n) is 8.89. The number of alkyl halides is 1. The minimum atomic E-state index is -0.284. The molecule has 4 bridgehead atoms. The zero-order valence-corrected chi connectivity index (χ0v) is 16.3. The van der Waals surface area contributed by atoms with E-state index in [1.54, 1.807) is 24.3 Å². The molecular formula is C19H22BrClN2O2. The molecule has 0 heterocycles. The van der Waals surface area contributed by atoms with Gasteiger partial charge in [0, 0.05) is 15.0 Å². The van der Waals surface area contributed by atoms with Crippen molar-refractivity contribution in [3.8, 4) is 0 Å². The molecule has 2 N–H and O–H groups in total. The lowest BCUT2D eigenvalue weighted by Crippen LogP contribution is -2.58. The van der Waals surface area contributed by atoms with Crippen LogP contribution in [0.15, 0.2) is 24.3 Å². The van der Waals surface area contributed by atoms with E-state index in [0.29, 0.717) is 22.5 Å². The topological polar surface area (TPSA) is 58.2 Å². The number of carbonyl (C=O) groups excluding carboxylic acids is 2. The number of nitrogens with one attached hydrogen (secondary N) is 2. The number of halogens is 2. The van der Waals surface area contributed by atoms with Crippen LogP contribution in [-0.4, -0.2) is 22.7 Å². The molecule has 4 nitrogen and oxygen atoms in total. The number of rotatable bonds is 4. The van der Waals surface area contributed by atoms with Crippen molar-refractivity contribution in [3.63, 3.8) is 0 Å². The van der Waals surface area contributed by atoms with E-state index in [0.717, 1.165) is 19.3 Å². The first-order valence-corrected chi connectivity index (χ1v) is 10.1. The zero-order chi connectivity index (χ0) is 17.7. The summed E-state index contributed by atoms with van der Waals surface area (Å²) in [7, 11) is 0. The van der Waals surface area contributed by atoms with E-state index in [2.05, 4.69) is 26.6 Å². The lowest BCUT2D eigenvalue weighted by molar-refractivity contribution is -0.144. The van der Waals surface area contributed by atoms with Gasteiger partial charge in [-0.1, -0.05) is 27.5 Å². The predicted octanol–water partition coefficient (Wildman–Crippen LogP) is 4.13. The van der Waals surface area contributed by atoms with Gasteiger partial charge in [-0.2, -0.15) is 0 Å². The van der Waals surface area contributed by atoms with Gasteiger partial charge in [-0.15, -0.1) is 0 Å². The zero-order valence-electron chi connectivity index (χ0n) is 14.0. The van der Waals surface area contributed by atoms with Gasteiger partial charge in [0.15, 0.2) is 0 Å². The Hall–Kier alpha value is -1.07. The van der Waals surface area contributed by atoms with Crippen molar-refractivity contribution in [2.45, 2.75) is 42.8 Å². The van der Waals surface area contributed by atoms with Gasteiger partial charge in [0.25, 0.3) is 0 Å². The second-order valence-electron chi connectivity index (χ2n) is 8.13. The number of benzene rings is 1. The Morgan fingerprint density at radius 3 is 2.36 bits per heavy atom. The van der Waals surface area contributed by atoms with E-state index < -0.39 is 0 Å². The Kier molecular flexibility index (Phi) is 4.35. The van der Waals surface area contributed by atoms with Crippen LogP contribution >= 0.6 is 27.5 Å². The molecule has 1 aromatic rings. The summed E-state index contributed by atoms with van der Waals surface area (Å²) >= 11 is 9.76. The van der Waals surface area contributed by atoms with E-state index >= 15 is 0 Å². The molecule has 0 aliphatic heterocycles. The van der Waals surface area contributed by atoms with Crippen molar-refractivity contribution in [3.05, 3.63) is 29.3 Å². The van der Waals surface area contributed by atoms with Crippen LogP contribution in [0, 0.1) is 17.3 Å². The summed E-state index contributed by atoms with van der Waals surface area (Å²) in [6.07, 6.45) is 6.49. The van der Waals surface area contributed by atoms with Gasteiger partial charge in [0.1, 0.15) is 0 Å². The average molecular weight is 426 g/mol. The molecule has 5 rings (SSSR count). The van der Waals surface area contributed by atoms with Crippen LogP contribution < -0.4 is 10.6 Å². The number of hydrogen-bond acceptors (Lipinski definition) is 2. The third-order valence-corrected chi connectivity index (χ3v) is 7.19. The van der Waals surface area contributed by atoms with Crippen LogP contribution in [0.3, 0.4) is 0 Å². The van der Waals surface area contributed by atoms with E-state index in [-0.39, 0.29) is 28.1 Å². The van der Waals surface area contributed by atoms with Gasteiger partial charge >= 0.3 is 0 Å². The van der Waals surface area contributed by atoms with Crippen LogP contribution in [0.5, 0.6) is 0 Å². The first-order chi connectivity index (χ1) is 11.9. The van der Waals surface area contributed by atoms with Crippen molar-refractivity contribution in [2.24, 2.45) is 17.3 Å². The molecule has 0 unspecified atom stereocenters. The quantitative estimate of drug-likeness (QED) is 0.713. The second-order valence-corrected chi connectivity index (χ2v) is 10.2. The Labute approximate surface area is 161 Å². The number of carbonyl (C=O) groups is 2. The van der Waals surface area contributed by atoms with E-state index in [1.807, 2.05) is 0 Å². The number of amides is 2. The van der Waals surface area contributed by atoms with Gasteiger partial charge in [0.05, 0.1) is 12.0 Å². The molecule has 0 spiro atoms. The highest BCUT2D eigenvalue weighted by Crippen LogP contribution is 2.64. The lowest BCUT2D eigenvalue weighted by atomic mass is 9.49. The van der Waals surface area contributed by atoms with Gasteiger partial charge in [0.2, 0.25) is 11.8 Å². The third kappa shape index (κ3) is 3.45. The fourth-order valence-electron chi connectivity index (χ4n) is 5.50. The fourth-order valence-corrected chi connectivity index (χ4v) is 7.08. The van der Waals surface area contributed by atoms with E-state index in [9.17, 15) is 9.59 Å². The second kappa shape index (κ2) is 6.27. The largest absolute Gasteiger partial charge is 0.347 e. The van der Waals surface area contributed by atoms with Crippen molar-refractivity contribution in [1.82, 2.24) is 5.32 Å². The summed E-state index contributed by atoms with van der Waals surface area (Å²) in [5.41, 5.74) is 0.395. The van der Waals surface area contributed by atoms with E-state index in [4.69, 9.17) is 11.6 Å². The Bertz CT molecular complexity index is 692. The Morgan fingerprint density at radius 1 is 1.12 bits per heavy atom. The number of hydrogen-bond donors (Lipinski definition) is 2. The summed E-state index contributed by atoms with van der Waals surface area (Å²) in [5, 5.41) is 6.30. The van der Waals surface area contributed by atoms with Crippen molar-refractivity contribution in [1.29, 1.82) is 0 Å². The molecule has 0 aromatic heterocycles. The molecule has 2 amide bonds. The molecule has 6 heteroatoms. The van der Waals surface area contributed by atoms with Gasteiger partial charge in [-0.25, -0.2) is 0 Å². The monoisotopic (exact) mass is 424 g/mol. The minimum Gasteiger partial charge on any atom is -0.347 e. The molecule has 2 atom stereocenters. The fraction of sp³-hybridized carbons (Fsp3) is 0.579. The van der Waals surface area contributed by atoms with Crippen LogP contribution in [0.1, 0.15) is 38.5 Å². The van der Waals surface area contributed by atoms with Crippen molar-refractivity contribution >= 4 is 45.0 Å². The highest BCUT2D eigenvalue weighted by molar-refractivity contribution is 9.10. The lowest BCUT2D eigenvalue weighted by Gasteiger charge is -2.59. The molecule has 134 valence electrons. The maximum absolute atomic E-state index is 12.9. The maximum Gasteiger partial charge on any atom is 0.243 e. The molecule has 4 aliphatic carbocycles. The molecule has 1 aromatic carbocycles. The molecule has 25 heavy (non-hydrogen) atoms. The molecule has 4 fully saturated rings. The van der Waals surface area contributed by atoms with Crippen molar-refractivity contribution in [2.75, 3.05) is 11.9 Å². The molecule has 0 saturated heterocycles. The summed E-state index contributed by atoms with van der Waals surface area (Å²) in [5.74, 6) is 1.13. The summed E-state index contributed by atoms with van der Waals surface area (Å²) in [4.78, 5) is 25.0. The van der Waals surface area contributed by atoms with Gasteiger partial charge in [-0.05, 0) is 74.6 Å². The van der Waals surface area contributed by atoms with E-state index in [1.165, 1.54) is 19.3 Å². The minimum absolute atomic E-state index is 0.00777. The van der Waals surface area contributed by atoms with Crippen LogP contribution in [0.25, 0.3) is 0 Å². The van der Waals surface area contributed by atoms with Gasteiger partial charge in [-0.3, -0.25) is 9.59 Å². The molecule has 4 saturated carbocycles. The third-order valence-electron chi connectivity index (χ3n) is 6.01. The maximum atomic E-state index is 12.9. The summed E-state index contributed by atoms with van der Waals surface area (Å²) < 4.78 is 0.139. The highest BCUT2D eigenvalue weighted by atomic mass is 79.9. The van der Waals surface area contributed by atoms with Crippen LogP contribution in [0.4, 0.5) is 5.69 Å². The molecular weight excluding hydrogens is 404 g/mol. The highest BCUT2D eigenvalue weighted by Gasteiger charge is 2.59. The smallest absolute Gasteiger partial charge is 0.243 e. The van der Waals surface area contributed by atoms with Crippen LogP contribution in [0.2, 0.25) is 5.02 Å². The predicted molar refractivity (Wildman–Crippen MR) is 102 cm³/mol. The normalized spacial score (nSPS) is 35.4. The SMILES string of the molecule is O=C(CNC(=O)C12C[C@H]3C[C@@H](CC(Br)(C3)C1)C2)Nc1ccc(Cl)cc1. The first kappa shape index (κ1) is 17.3. The molecule has 0 radical (unpaired) electrons. The van der Waals surface area contributed by atoms with Crippen molar-refractivity contribution < 1.29 is 9.59 Å². The Balaban J connectivity index is 1.36. The standard InChI is InChI=1S/C19H22BrClN2O2/c20-19-8-12-5-13(9-19)7-18(6-12,11-19)17(25)22-10-16(24)23-15-3-1-14(21)2-4-15/h1-4,12-13H,5-11H2,(H,22,25)(H,23,24)/t12-,13-,18?,19?/m1/s1. The molecule has 4 aliphatic rings. The average Bonchev–Trinajstić information content (AvgIpc) is 2.52. The van der Waals surface area contributed by atoms with Crippen LogP contribution in [-0.2, 0) is 9.59 Å². The number of anilines is 1. The van der Waals surface area contributed by atoms with Gasteiger partial charge < -0.3 is 10.6 Å². The Morgan fingerprint density at radius 2 is 1.76 bits per heavy atom. The summed E-state index contributed by atoms with van der Waals surface area (Å²) in [6, 6.07) is 6.94. The summed E-state index contributed by atoms with van der Waals surface area (Å²) in [6.45, 7) is 0.00777.